The van der Waals surface area contributed by atoms with Crippen LogP contribution in [0.2, 0.25) is 0 Å². The lowest BCUT2D eigenvalue weighted by Gasteiger charge is -2.22. The van der Waals surface area contributed by atoms with Crippen LogP contribution in [0.1, 0.15) is 18.1 Å². The maximum absolute atomic E-state index is 13.6. The minimum absolute atomic E-state index is 0.00524. The van der Waals surface area contributed by atoms with Crippen molar-refractivity contribution in [3.63, 3.8) is 0 Å². The van der Waals surface area contributed by atoms with Gasteiger partial charge >= 0.3 is 11.6 Å². The van der Waals surface area contributed by atoms with Gasteiger partial charge in [0.15, 0.2) is 0 Å². The van der Waals surface area contributed by atoms with E-state index in [2.05, 4.69) is 10.6 Å². The zero-order valence-electron chi connectivity index (χ0n) is 19.4. The van der Waals surface area contributed by atoms with Crippen LogP contribution in [0.4, 0.5) is 4.39 Å². The monoisotopic (exact) mass is 484 g/mol. The third-order valence-electron chi connectivity index (χ3n) is 5.29. The molecule has 2 amide bonds. The minimum Gasteiger partial charge on any atom is -0.497 e. The summed E-state index contributed by atoms with van der Waals surface area (Å²) >= 11 is 0. The van der Waals surface area contributed by atoms with Crippen molar-refractivity contribution >= 4 is 28.8 Å². The van der Waals surface area contributed by atoms with Crippen molar-refractivity contribution in [2.75, 3.05) is 14.2 Å². The Labute approximate surface area is 200 Å². The van der Waals surface area contributed by atoms with E-state index in [1.807, 2.05) is 0 Å². The summed E-state index contributed by atoms with van der Waals surface area (Å²) in [7, 11) is 2.64. The van der Waals surface area contributed by atoms with E-state index < -0.39 is 41.3 Å². The highest BCUT2D eigenvalue weighted by Gasteiger charge is 2.28. The fraction of sp³-hybridized carbons (Fsp3) is 0.280. The summed E-state index contributed by atoms with van der Waals surface area (Å²) < 4.78 is 28.8. The van der Waals surface area contributed by atoms with Crippen LogP contribution in [-0.2, 0) is 32.0 Å². The Morgan fingerprint density at radius 2 is 1.77 bits per heavy atom. The van der Waals surface area contributed by atoms with Crippen molar-refractivity contribution in [1.82, 2.24) is 10.6 Å². The number of ether oxygens (including phenoxy) is 2. The first-order valence-corrected chi connectivity index (χ1v) is 10.7. The van der Waals surface area contributed by atoms with Crippen molar-refractivity contribution in [3.8, 4) is 5.75 Å². The number of methoxy groups -OCH3 is 2. The fourth-order valence-electron chi connectivity index (χ4n) is 3.69. The van der Waals surface area contributed by atoms with Crippen molar-refractivity contribution in [2.45, 2.75) is 31.8 Å². The molecule has 1 aromatic heterocycles. The SMILES string of the molecule is COC(=O)[C@H](Cc1cc(=O)oc2cc(OC)ccc12)NC(=O)[C@@H](Cc1cccc(F)c1)NC(C)=O. The maximum Gasteiger partial charge on any atom is 0.336 e. The van der Waals surface area contributed by atoms with Crippen LogP contribution in [0.3, 0.4) is 0 Å². The van der Waals surface area contributed by atoms with Crippen molar-refractivity contribution in [2.24, 2.45) is 0 Å². The van der Waals surface area contributed by atoms with Crippen LogP contribution in [-0.4, -0.2) is 44.1 Å². The molecule has 0 unspecified atom stereocenters. The summed E-state index contributed by atoms with van der Waals surface area (Å²) in [6.45, 7) is 1.24. The molecule has 3 rings (SSSR count). The van der Waals surface area contributed by atoms with E-state index in [4.69, 9.17) is 13.9 Å². The molecule has 0 aliphatic heterocycles. The summed E-state index contributed by atoms with van der Waals surface area (Å²) in [5.41, 5.74) is 0.534. The van der Waals surface area contributed by atoms with Crippen molar-refractivity contribution in [3.05, 3.63) is 75.9 Å². The first kappa shape index (κ1) is 25.4. The molecule has 184 valence electrons. The van der Waals surface area contributed by atoms with E-state index >= 15 is 0 Å². The standard InChI is InChI=1S/C25H25FN2O7/c1-14(29)27-20(10-15-5-4-6-17(26)9-15)24(31)28-21(25(32)34-3)11-16-12-23(30)35-22-13-18(33-2)7-8-19(16)22/h4-9,12-13,20-21H,10-11H2,1-3H3,(H,27,29)(H,28,31)/t20-,21+/m1/s1. The van der Waals surface area contributed by atoms with Crippen molar-refractivity contribution < 1.29 is 32.7 Å². The highest BCUT2D eigenvalue weighted by molar-refractivity contribution is 5.91. The number of halogens is 1. The molecule has 2 aromatic carbocycles. The van der Waals surface area contributed by atoms with E-state index in [-0.39, 0.29) is 18.4 Å². The molecule has 2 N–H and O–H groups in total. The molecule has 35 heavy (non-hydrogen) atoms. The molecular weight excluding hydrogens is 459 g/mol. The number of hydrogen-bond donors (Lipinski definition) is 2. The number of carbonyl (C=O) groups excluding carboxylic acids is 3. The van der Waals surface area contributed by atoms with E-state index in [1.165, 1.54) is 51.5 Å². The molecule has 1 heterocycles. The van der Waals surface area contributed by atoms with Gasteiger partial charge in [-0.3, -0.25) is 9.59 Å². The van der Waals surface area contributed by atoms with Gasteiger partial charge in [-0.2, -0.15) is 0 Å². The lowest BCUT2D eigenvalue weighted by molar-refractivity contribution is -0.145. The maximum atomic E-state index is 13.6. The highest BCUT2D eigenvalue weighted by Crippen LogP contribution is 2.23. The van der Waals surface area contributed by atoms with Gasteiger partial charge in [0.2, 0.25) is 11.8 Å². The Hall–Kier alpha value is -4.21. The van der Waals surface area contributed by atoms with Gasteiger partial charge in [0.25, 0.3) is 0 Å². The van der Waals surface area contributed by atoms with Crippen LogP contribution < -0.4 is 21.0 Å². The molecule has 0 radical (unpaired) electrons. The Morgan fingerprint density at radius 3 is 2.43 bits per heavy atom. The van der Waals surface area contributed by atoms with Crippen molar-refractivity contribution in [1.29, 1.82) is 0 Å². The van der Waals surface area contributed by atoms with Gasteiger partial charge in [-0.15, -0.1) is 0 Å². The van der Waals surface area contributed by atoms with Gasteiger partial charge in [-0.25, -0.2) is 14.0 Å². The molecule has 0 saturated carbocycles. The summed E-state index contributed by atoms with van der Waals surface area (Å²) in [4.78, 5) is 49.4. The number of fused-ring (bicyclic) bond motifs is 1. The molecule has 0 spiro atoms. The molecule has 2 atom stereocenters. The average molecular weight is 484 g/mol. The van der Waals surface area contributed by atoms with Gasteiger partial charge in [-0.05, 0) is 35.4 Å². The minimum atomic E-state index is -1.18. The van der Waals surface area contributed by atoms with E-state index in [1.54, 1.807) is 18.2 Å². The topological polar surface area (TPSA) is 124 Å². The van der Waals surface area contributed by atoms with Gasteiger partial charge in [0.05, 0.1) is 14.2 Å². The number of nitrogens with one attached hydrogen (secondary N) is 2. The number of esters is 1. The lowest BCUT2D eigenvalue weighted by Crippen LogP contribution is -2.53. The highest BCUT2D eigenvalue weighted by atomic mass is 19.1. The number of hydrogen-bond acceptors (Lipinski definition) is 7. The predicted octanol–water partition coefficient (Wildman–Crippen LogP) is 1.89. The third-order valence-corrected chi connectivity index (χ3v) is 5.29. The van der Waals surface area contributed by atoms with E-state index in [0.717, 1.165) is 0 Å². The van der Waals surface area contributed by atoms with Crippen LogP contribution in [0.15, 0.2) is 57.7 Å². The van der Waals surface area contributed by atoms with Gasteiger partial charge in [-0.1, -0.05) is 12.1 Å². The molecule has 10 heteroatoms. The lowest BCUT2D eigenvalue weighted by atomic mass is 10.0. The fourth-order valence-corrected chi connectivity index (χ4v) is 3.69. The van der Waals surface area contributed by atoms with Crippen LogP contribution in [0.25, 0.3) is 11.0 Å². The molecule has 0 saturated heterocycles. The second-order valence-corrected chi connectivity index (χ2v) is 7.83. The predicted molar refractivity (Wildman–Crippen MR) is 124 cm³/mol. The zero-order chi connectivity index (χ0) is 25.5. The molecule has 0 fully saturated rings. The Balaban J connectivity index is 1.89. The number of amides is 2. The van der Waals surface area contributed by atoms with Gasteiger partial charge < -0.3 is 24.5 Å². The third kappa shape index (κ3) is 6.66. The Bertz CT molecular complexity index is 1300. The zero-order valence-corrected chi connectivity index (χ0v) is 19.4. The summed E-state index contributed by atoms with van der Waals surface area (Å²) in [5.74, 6) is -1.90. The molecular formula is C25H25FN2O7. The number of rotatable bonds is 9. The van der Waals surface area contributed by atoms with E-state index in [9.17, 15) is 23.6 Å². The van der Waals surface area contributed by atoms with Gasteiger partial charge in [0, 0.05) is 37.3 Å². The number of benzene rings is 2. The Kier molecular flexibility index (Phi) is 8.19. The van der Waals surface area contributed by atoms with Crippen LogP contribution in [0, 0.1) is 5.82 Å². The number of carbonyl (C=O) groups is 3. The quantitative estimate of drug-likeness (QED) is 0.351. The summed E-state index contributed by atoms with van der Waals surface area (Å²) in [6, 6.07) is 9.48. The second kappa shape index (κ2) is 11.3. The Morgan fingerprint density at radius 1 is 1.00 bits per heavy atom. The normalized spacial score (nSPS) is 12.5. The smallest absolute Gasteiger partial charge is 0.336 e. The first-order chi connectivity index (χ1) is 16.7. The first-order valence-electron chi connectivity index (χ1n) is 10.7. The van der Waals surface area contributed by atoms with E-state index in [0.29, 0.717) is 22.3 Å². The summed E-state index contributed by atoms with van der Waals surface area (Å²) in [6.07, 6.45) is -0.0890. The summed E-state index contributed by atoms with van der Waals surface area (Å²) in [5, 5.41) is 5.65. The van der Waals surface area contributed by atoms with Crippen LogP contribution in [0.5, 0.6) is 5.75 Å². The van der Waals surface area contributed by atoms with Crippen LogP contribution >= 0.6 is 0 Å². The van der Waals surface area contributed by atoms with Gasteiger partial charge in [0.1, 0.15) is 29.2 Å². The molecule has 0 bridgehead atoms. The second-order valence-electron chi connectivity index (χ2n) is 7.83. The molecule has 3 aromatic rings. The molecule has 0 aliphatic carbocycles. The molecule has 0 aliphatic rings. The average Bonchev–Trinajstić information content (AvgIpc) is 2.81. The largest absolute Gasteiger partial charge is 0.497 e. The molecule has 9 nitrogen and oxygen atoms in total.